The molecule has 1 rings (SSSR count). The van der Waals surface area contributed by atoms with Crippen molar-refractivity contribution in [3.63, 3.8) is 0 Å². The Morgan fingerprint density at radius 3 is 2.50 bits per heavy atom. The zero-order valence-corrected chi connectivity index (χ0v) is 10.1. The van der Waals surface area contributed by atoms with E-state index in [1.165, 1.54) is 0 Å². The summed E-state index contributed by atoms with van der Waals surface area (Å²) >= 11 is 0. The average Bonchev–Trinajstić information content (AvgIpc) is 2.38. The summed E-state index contributed by atoms with van der Waals surface area (Å²) in [6, 6.07) is 8.44. The summed E-state index contributed by atoms with van der Waals surface area (Å²) in [6.07, 6.45) is 1.32. The van der Waals surface area contributed by atoms with E-state index >= 15 is 0 Å². The van der Waals surface area contributed by atoms with E-state index in [2.05, 4.69) is 5.32 Å². The molecule has 0 saturated carbocycles. The van der Waals surface area contributed by atoms with Crippen LogP contribution in [0.25, 0.3) is 0 Å². The van der Waals surface area contributed by atoms with E-state index in [4.69, 9.17) is 10.8 Å². The molecule has 0 fully saturated rings. The molecule has 1 aromatic carbocycles. The Hall–Kier alpha value is -1.88. The number of hydrogen-bond donors (Lipinski definition) is 3. The molecule has 0 aromatic heterocycles. The Bertz CT molecular complexity index is 392. The van der Waals surface area contributed by atoms with Gasteiger partial charge in [-0.3, -0.25) is 9.59 Å². The van der Waals surface area contributed by atoms with Crippen molar-refractivity contribution in [1.29, 1.82) is 0 Å². The predicted octanol–water partition coefficient (Wildman–Crippen LogP) is 1.06. The fraction of sp³-hybridized carbons (Fsp3) is 0.385. The molecule has 0 radical (unpaired) electrons. The number of nitrogens with one attached hydrogen (secondary N) is 1. The van der Waals surface area contributed by atoms with Crippen molar-refractivity contribution in [2.45, 2.75) is 25.3 Å². The number of aliphatic carboxylic acids is 1. The van der Waals surface area contributed by atoms with Crippen molar-refractivity contribution in [2.24, 2.45) is 5.73 Å². The van der Waals surface area contributed by atoms with Gasteiger partial charge in [-0.25, -0.2) is 0 Å². The highest BCUT2D eigenvalue weighted by atomic mass is 16.4. The van der Waals surface area contributed by atoms with E-state index in [0.717, 1.165) is 5.56 Å². The lowest BCUT2D eigenvalue weighted by atomic mass is 10.1. The molecule has 0 saturated heterocycles. The highest BCUT2D eigenvalue weighted by Crippen LogP contribution is 2.09. The van der Waals surface area contributed by atoms with Crippen LogP contribution in [0.15, 0.2) is 30.3 Å². The largest absolute Gasteiger partial charge is 0.481 e. The van der Waals surface area contributed by atoms with Crippen molar-refractivity contribution in [2.75, 3.05) is 6.54 Å². The number of carbonyl (C=O) groups excluding carboxylic acids is 1. The molecule has 1 amide bonds. The van der Waals surface area contributed by atoms with Gasteiger partial charge in [-0.2, -0.15) is 0 Å². The van der Waals surface area contributed by atoms with Crippen molar-refractivity contribution < 1.29 is 14.7 Å². The van der Waals surface area contributed by atoms with Crippen LogP contribution in [0.2, 0.25) is 0 Å². The Balaban J connectivity index is 2.26. The predicted molar refractivity (Wildman–Crippen MR) is 67.9 cm³/mol. The summed E-state index contributed by atoms with van der Waals surface area (Å²) < 4.78 is 0. The van der Waals surface area contributed by atoms with Gasteiger partial charge < -0.3 is 16.2 Å². The van der Waals surface area contributed by atoms with Gasteiger partial charge in [-0.1, -0.05) is 30.3 Å². The smallest absolute Gasteiger partial charge is 0.303 e. The van der Waals surface area contributed by atoms with Crippen LogP contribution in [0.4, 0.5) is 0 Å². The third-order valence-corrected chi connectivity index (χ3v) is 2.56. The number of nitrogens with two attached hydrogens (primary N) is 1. The standard InChI is InChI=1S/C13H18N2O3/c14-12(10-6-2-1-3-7-10)13(18)15-9-5-4-8-11(16)17/h1-3,6-7,12H,4-5,8-9,14H2,(H,15,18)(H,16,17)/t12-/m1/s1. The van der Waals surface area contributed by atoms with Crippen LogP contribution in [0.5, 0.6) is 0 Å². The minimum atomic E-state index is -0.817. The Kier molecular flexibility index (Phi) is 5.87. The van der Waals surface area contributed by atoms with Gasteiger partial charge >= 0.3 is 5.97 Å². The second-order valence-corrected chi connectivity index (χ2v) is 4.03. The minimum Gasteiger partial charge on any atom is -0.481 e. The first-order valence-corrected chi connectivity index (χ1v) is 5.91. The molecule has 98 valence electrons. The van der Waals surface area contributed by atoms with Gasteiger partial charge in [0.15, 0.2) is 0 Å². The molecule has 0 unspecified atom stereocenters. The van der Waals surface area contributed by atoms with Crippen LogP contribution in [-0.2, 0) is 9.59 Å². The lowest BCUT2D eigenvalue weighted by Crippen LogP contribution is -2.34. The van der Waals surface area contributed by atoms with E-state index in [-0.39, 0.29) is 12.3 Å². The average molecular weight is 250 g/mol. The molecule has 0 heterocycles. The molecule has 5 heteroatoms. The number of amides is 1. The topological polar surface area (TPSA) is 92.4 Å². The Labute approximate surface area is 106 Å². The maximum absolute atomic E-state index is 11.7. The number of carbonyl (C=O) groups is 2. The summed E-state index contributed by atoms with van der Waals surface area (Å²) in [5.41, 5.74) is 6.56. The zero-order chi connectivity index (χ0) is 13.4. The molecule has 0 aliphatic carbocycles. The number of rotatable bonds is 7. The fourth-order valence-electron chi connectivity index (χ4n) is 1.53. The maximum atomic E-state index is 11.7. The number of hydrogen-bond acceptors (Lipinski definition) is 3. The van der Waals surface area contributed by atoms with E-state index in [1.807, 2.05) is 18.2 Å². The highest BCUT2D eigenvalue weighted by molar-refractivity contribution is 5.82. The molecule has 0 bridgehead atoms. The molecular weight excluding hydrogens is 232 g/mol. The van der Waals surface area contributed by atoms with Gasteiger partial charge in [0, 0.05) is 13.0 Å². The van der Waals surface area contributed by atoms with Crippen molar-refractivity contribution >= 4 is 11.9 Å². The van der Waals surface area contributed by atoms with E-state index in [0.29, 0.717) is 19.4 Å². The number of carboxylic acids is 1. The molecule has 0 aliphatic heterocycles. The maximum Gasteiger partial charge on any atom is 0.303 e. The lowest BCUT2D eigenvalue weighted by molar-refractivity contribution is -0.137. The Morgan fingerprint density at radius 2 is 1.89 bits per heavy atom. The van der Waals surface area contributed by atoms with Crippen LogP contribution in [0.1, 0.15) is 30.9 Å². The van der Waals surface area contributed by atoms with Crippen LogP contribution in [0, 0.1) is 0 Å². The summed E-state index contributed by atoms with van der Waals surface area (Å²) in [5.74, 6) is -1.06. The summed E-state index contributed by atoms with van der Waals surface area (Å²) in [5, 5.41) is 11.1. The van der Waals surface area contributed by atoms with Crippen LogP contribution in [-0.4, -0.2) is 23.5 Å². The minimum absolute atomic E-state index is 0.126. The molecular formula is C13H18N2O3. The molecule has 1 atom stereocenters. The number of carboxylic acid groups (broad SMARTS) is 1. The quantitative estimate of drug-likeness (QED) is 0.631. The van der Waals surface area contributed by atoms with Gasteiger partial charge in [0.2, 0.25) is 5.91 Å². The first-order valence-electron chi connectivity index (χ1n) is 5.91. The monoisotopic (exact) mass is 250 g/mol. The van der Waals surface area contributed by atoms with Gasteiger partial charge in [-0.05, 0) is 18.4 Å². The van der Waals surface area contributed by atoms with Gasteiger partial charge in [-0.15, -0.1) is 0 Å². The van der Waals surface area contributed by atoms with Gasteiger partial charge in [0.05, 0.1) is 0 Å². The number of benzene rings is 1. The van der Waals surface area contributed by atoms with Crippen LogP contribution < -0.4 is 11.1 Å². The van der Waals surface area contributed by atoms with Crippen LogP contribution >= 0.6 is 0 Å². The Morgan fingerprint density at radius 1 is 1.22 bits per heavy atom. The number of unbranched alkanes of at least 4 members (excludes halogenated alkanes) is 1. The summed E-state index contributed by atoms with van der Waals surface area (Å²) in [6.45, 7) is 0.451. The fourth-order valence-corrected chi connectivity index (χ4v) is 1.53. The van der Waals surface area contributed by atoms with Crippen molar-refractivity contribution in [1.82, 2.24) is 5.32 Å². The molecule has 0 aliphatic rings. The van der Waals surface area contributed by atoms with Crippen LogP contribution in [0.3, 0.4) is 0 Å². The van der Waals surface area contributed by atoms with Crippen molar-refractivity contribution in [3.05, 3.63) is 35.9 Å². The SMILES string of the molecule is N[C@@H](C(=O)NCCCCC(=O)O)c1ccccc1. The molecule has 1 aromatic rings. The second kappa shape index (κ2) is 7.45. The van der Waals surface area contributed by atoms with E-state index in [9.17, 15) is 9.59 Å². The third kappa shape index (κ3) is 4.97. The molecule has 5 nitrogen and oxygen atoms in total. The van der Waals surface area contributed by atoms with Crippen molar-refractivity contribution in [3.8, 4) is 0 Å². The zero-order valence-electron chi connectivity index (χ0n) is 10.1. The molecule has 0 spiro atoms. The highest BCUT2D eigenvalue weighted by Gasteiger charge is 2.14. The van der Waals surface area contributed by atoms with Gasteiger partial charge in [0.25, 0.3) is 0 Å². The lowest BCUT2D eigenvalue weighted by Gasteiger charge is -2.12. The first-order chi connectivity index (χ1) is 8.61. The summed E-state index contributed by atoms with van der Waals surface area (Å²) in [4.78, 5) is 22.0. The molecule has 18 heavy (non-hydrogen) atoms. The summed E-state index contributed by atoms with van der Waals surface area (Å²) in [7, 11) is 0. The second-order valence-electron chi connectivity index (χ2n) is 4.03. The van der Waals surface area contributed by atoms with E-state index in [1.54, 1.807) is 12.1 Å². The van der Waals surface area contributed by atoms with E-state index < -0.39 is 12.0 Å². The van der Waals surface area contributed by atoms with Gasteiger partial charge in [0.1, 0.15) is 6.04 Å². The normalized spacial score (nSPS) is 11.8. The third-order valence-electron chi connectivity index (χ3n) is 2.56. The molecule has 4 N–H and O–H groups in total. The first kappa shape index (κ1) is 14.2.